The second-order valence-corrected chi connectivity index (χ2v) is 6.64. The lowest BCUT2D eigenvalue weighted by atomic mass is 10.1. The van der Waals surface area contributed by atoms with Crippen LogP contribution in [0.4, 0.5) is 0 Å². The summed E-state index contributed by atoms with van der Waals surface area (Å²) >= 11 is 5.85. The van der Waals surface area contributed by atoms with Crippen LogP contribution in [0.5, 0.6) is 11.5 Å². The molecular weight excluding hydrogens is 394 g/mol. The molecule has 7 heteroatoms. The number of benzene rings is 2. The van der Waals surface area contributed by atoms with Crippen molar-refractivity contribution in [1.29, 1.82) is 0 Å². The Morgan fingerprint density at radius 1 is 1.10 bits per heavy atom. The Kier molecular flexibility index (Phi) is 8.55. The molecule has 6 nitrogen and oxygen atoms in total. The number of ether oxygens (including phenoxy) is 3. The van der Waals surface area contributed by atoms with E-state index in [2.05, 4.69) is 5.32 Å². The number of allylic oxidation sites excluding steroid dienone is 1. The second-order valence-electron chi connectivity index (χ2n) is 6.20. The number of hydrogen-bond donors (Lipinski definition) is 1. The van der Waals surface area contributed by atoms with E-state index < -0.39 is 18.5 Å². The maximum Gasteiger partial charge on any atom is 0.344 e. The summed E-state index contributed by atoms with van der Waals surface area (Å²) in [5.74, 6) is -0.144. The van der Waals surface area contributed by atoms with E-state index >= 15 is 0 Å². The van der Waals surface area contributed by atoms with Crippen LogP contribution in [0, 0.1) is 0 Å². The molecule has 2 rings (SSSR count). The predicted octanol–water partition coefficient (Wildman–Crippen LogP) is 4.18. The number of nitrogens with one attached hydrogen (secondary N) is 1. The quantitative estimate of drug-likeness (QED) is 0.619. The first-order valence-corrected chi connectivity index (χ1v) is 9.44. The minimum absolute atomic E-state index is 0.241. The summed E-state index contributed by atoms with van der Waals surface area (Å²) in [4.78, 5) is 23.9. The average Bonchev–Trinajstić information content (AvgIpc) is 2.71. The van der Waals surface area contributed by atoms with Crippen molar-refractivity contribution in [3.63, 3.8) is 0 Å². The monoisotopic (exact) mass is 417 g/mol. The van der Waals surface area contributed by atoms with Crippen molar-refractivity contribution in [3.8, 4) is 11.5 Å². The SMILES string of the molecule is C/C=C/c1ccc(OCC(=O)OCC(=O)N[C@@H](C)c2ccc(Cl)cc2)c(OC)c1. The average molecular weight is 418 g/mol. The molecular formula is C22H24ClNO5. The molecule has 0 fully saturated rings. The van der Waals surface area contributed by atoms with Gasteiger partial charge in [0, 0.05) is 5.02 Å². The molecule has 154 valence electrons. The molecule has 2 aromatic carbocycles. The van der Waals surface area contributed by atoms with Crippen molar-refractivity contribution in [1.82, 2.24) is 5.32 Å². The molecule has 0 saturated heterocycles. The Balaban J connectivity index is 1.79. The maximum absolute atomic E-state index is 12.0. The van der Waals surface area contributed by atoms with Crippen LogP contribution < -0.4 is 14.8 Å². The molecule has 0 aromatic heterocycles. The summed E-state index contributed by atoms with van der Waals surface area (Å²) in [6, 6.07) is 12.2. The Labute approximate surface area is 175 Å². The van der Waals surface area contributed by atoms with Crippen molar-refractivity contribution in [2.75, 3.05) is 20.3 Å². The highest BCUT2D eigenvalue weighted by atomic mass is 35.5. The Morgan fingerprint density at radius 3 is 2.48 bits per heavy atom. The largest absolute Gasteiger partial charge is 0.493 e. The third-order valence-electron chi connectivity index (χ3n) is 4.00. The van der Waals surface area contributed by atoms with E-state index in [9.17, 15) is 9.59 Å². The Hall–Kier alpha value is -2.99. The zero-order chi connectivity index (χ0) is 21.2. The fraction of sp³-hybridized carbons (Fsp3) is 0.273. The van der Waals surface area contributed by atoms with Gasteiger partial charge in [0.15, 0.2) is 24.7 Å². The Morgan fingerprint density at radius 2 is 1.83 bits per heavy atom. The highest BCUT2D eigenvalue weighted by molar-refractivity contribution is 6.30. The van der Waals surface area contributed by atoms with Gasteiger partial charge in [-0.15, -0.1) is 0 Å². The third kappa shape index (κ3) is 7.16. The highest BCUT2D eigenvalue weighted by Gasteiger charge is 2.13. The summed E-state index contributed by atoms with van der Waals surface area (Å²) in [5, 5.41) is 3.37. The lowest BCUT2D eigenvalue weighted by Gasteiger charge is -2.15. The summed E-state index contributed by atoms with van der Waals surface area (Å²) in [5.41, 5.74) is 1.84. The summed E-state index contributed by atoms with van der Waals surface area (Å²) in [6.45, 7) is 3.02. The van der Waals surface area contributed by atoms with E-state index in [0.29, 0.717) is 16.5 Å². The van der Waals surface area contributed by atoms with Crippen LogP contribution in [0.2, 0.25) is 5.02 Å². The van der Waals surface area contributed by atoms with Crippen molar-refractivity contribution in [2.24, 2.45) is 0 Å². The molecule has 0 aliphatic heterocycles. The first-order chi connectivity index (χ1) is 13.9. The maximum atomic E-state index is 12.0. The van der Waals surface area contributed by atoms with Gasteiger partial charge in [0.05, 0.1) is 13.2 Å². The van der Waals surface area contributed by atoms with Crippen LogP contribution in [0.3, 0.4) is 0 Å². The van der Waals surface area contributed by atoms with Crippen molar-refractivity contribution in [2.45, 2.75) is 19.9 Å². The molecule has 0 spiro atoms. The van der Waals surface area contributed by atoms with Gasteiger partial charge in [-0.3, -0.25) is 4.79 Å². The van der Waals surface area contributed by atoms with E-state index in [1.807, 2.05) is 44.2 Å². The van der Waals surface area contributed by atoms with Gasteiger partial charge < -0.3 is 19.5 Å². The predicted molar refractivity (Wildman–Crippen MR) is 112 cm³/mol. The van der Waals surface area contributed by atoms with Gasteiger partial charge in [0.25, 0.3) is 5.91 Å². The molecule has 2 aromatic rings. The minimum atomic E-state index is -0.654. The first-order valence-electron chi connectivity index (χ1n) is 9.07. The summed E-state index contributed by atoms with van der Waals surface area (Å²) in [6.07, 6.45) is 3.83. The third-order valence-corrected chi connectivity index (χ3v) is 4.26. The number of carbonyl (C=O) groups excluding carboxylic acids is 2. The number of esters is 1. The molecule has 29 heavy (non-hydrogen) atoms. The van der Waals surface area contributed by atoms with Gasteiger partial charge in [-0.25, -0.2) is 4.79 Å². The van der Waals surface area contributed by atoms with Crippen LogP contribution in [0.25, 0.3) is 6.08 Å². The molecule has 0 unspecified atom stereocenters. The first kappa shape index (κ1) is 22.3. The van der Waals surface area contributed by atoms with Crippen LogP contribution in [0.1, 0.15) is 31.0 Å². The number of halogens is 1. The molecule has 0 radical (unpaired) electrons. The normalized spacial score (nSPS) is 11.7. The van der Waals surface area contributed by atoms with Crippen LogP contribution >= 0.6 is 11.6 Å². The lowest BCUT2D eigenvalue weighted by Crippen LogP contribution is -2.31. The highest BCUT2D eigenvalue weighted by Crippen LogP contribution is 2.28. The standard InChI is InChI=1S/C22H24ClNO5/c1-4-5-16-6-11-19(20(12-16)27-3)28-14-22(26)29-13-21(25)24-15(2)17-7-9-18(23)10-8-17/h4-12,15H,13-14H2,1-3H3,(H,24,25)/b5-4+/t15-/m0/s1. The summed E-state index contributed by atoms with van der Waals surface area (Å²) < 4.78 is 15.7. The molecule has 0 aliphatic rings. The van der Waals surface area contributed by atoms with E-state index in [1.54, 1.807) is 24.3 Å². The molecule has 0 heterocycles. The van der Waals surface area contributed by atoms with E-state index in [4.69, 9.17) is 25.8 Å². The zero-order valence-electron chi connectivity index (χ0n) is 16.6. The molecule has 1 amide bonds. The Bertz CT molecular complexity index is 864. The number of amides is 1. The minimum Gasteiger partial charge on any atom is -0.493 e. The van der Waals surface area contributed by atoms with Gasteiger partial charge in [0.1, 0.15) is 0 Å². The number of methoxy groups -OCH3 is 1. The fourth-order valence-corrected chi connectivity index (χ4v) is 2.67. The van der Waals surface area contributed by atoms with E-state index in [-0.39, 0.29) is 12.6 Å². The zero-order valence-corrected chi connectivity index (χ0v) is 17.4. The number of rotatable bonds is 9. The van der Waals surface area contributed by atoms with Gasteiger partial charge in [-0.05, 0) is 49.2 Å². The van der Waals surface area contributed by atoms with Crippen LogP contribution in [-0.2, 0) is 14.3 Å². The molecule has 0 aliphatic carbocycles. The number of carbonyl (C=O) groups is 2. The van der Waals surface area contributed by atoms with Gasteiger partial charge in [-0.1, -0.05) is 42.0 Å². The van der Waals surface area contributed by atoms with E-state index in [0.717, 1.165) is 11.1 Å². The smallest absolute Gasteiger partial charge is 0.344 e. The van der Waals surface area contributed by atoms with Gasteiger partial charge >= 0.3 is 5.97 Å². The van der Waals surface area contributed by atoms with Crippen LogP contribution in [-0.4, -0.2) is 32.2 Å². The molecule has 1 atom stereocenters. The molecule has 1 N–H and O–H groups in total. The molecule has 0 saturated carbocycles. The van der Waals surface area contributed by atoms with Crippen molar-refractivity contribution < 1.29 is 23.8 Å². The topological polar surface area (TPSA) is 73.9 Å². The lowest BCUT2D eigenvalue weighted by molar-refractivity contribution is -0.150. The summed E-state index contributed by atoms with van der Waals surface area (Å²) in [7, 11) is 1.52. The van der Waals surface area contributed by atoms with Gasteiger partial charge in [-0.2, -0.15) is 0 Å². The van der Waals surface area contributed by atoms with E-state index in [1.165, 1.54) is 7.11 Å². The van der Waals surface area contributed by atoms with Crippen molar-refractivity contribution >= 4 is 29.6 Å². The van der Waals surface area contributed by atoms with Crippen LogP contribution in [0.15, 0.2) is 48.5 Å². The number of hydrogen-bond acceptors (Lipinski definition) is 5. The fourth-order valence-electron chi connectivity index (χ4n) is 2.54. The second kappa shape index (κ2) is 11.1. The van der Waals surface area contributed by atoms with Crippen molar-refractivity contribution in [3.05, 3.63) is 64.7 Å². The van der Waals surface area contributed by atoms with Gasteiger partial charge in [0.2, 0.25) is 0 Å². The molecule has 0 bridgehead atoms.